The van der Waals surface area contributed by atoms with E-state index in [9.17, 15) is 21.6 Å². The van der Waals surface area contributed by atoms with Crippen LogP contribution < -0.4 is 0 Å². The topological polar surface area (TPSA) is 34.1 Å². The van der Waals surface area contributed by atoms with Crippen molar-refractivity contribution in [3.05, 3.63) is 64.4 Å². The summed E-state index contributed by atoms with van der Waals surface area (Å²) < 4.78 is 62.2. The van der Waals surface area contributed by atoms with Crippen molar-refractivity contribution in [3.8, 4) is 0 Å². The third kappa shape index (κ3) is 3.29. The molecule has 2 aliphatic rings. The molecular weight excluding hydrogens is 397 g/mol. The standard InChI is InChI=1S/C20H16ClF3O2S/c21-17-9-13(3-6-18(17)22)16-11-20(7-8-20)10-15(16)12-1-4-14(5-2-12)27(25,26)19(23)24/h1-6,9,19H,7-8,10-11H2. The van der Waals surface area contributed by atoms with Gasteiger partial charge in [0.05, 0.1) is 9.92 Å². The van der Waals surface area contributed by atoms with Crippen molar-refractivity contribution in [1.82, 2.24) is 0 Å². The fourth-order valence-corrected chi connectivity index (χ4v) is 4.64. The fraction of sp³-hybridized carbons (Fsp3) is 0.300. The highest BCUT2D eigenvalue weighted by atomic mass is 35.5. The summed E-state index contributed by atoms with van der Waals surface area (Å²) in [5.74, 6) is -3.93. The second-order valence-electron chi connectivity index (χ2n) is 7.27. The molecule has 0 amide bonds. The summed E-state index contributed by atoms with van der Waals surface area (Å²) in [4.78, 5) is -0.396. The van der Waals surface area contributed by atoms with Gasteiger partial charge >= 0.3 is 5.76 Å². The lowest BCUT2D eigenvalue weighted by molar-refractivity contribution is 0.234. The molecule has 0 heterocycles. The highest BCUT2D eigenvalue weighted by molar-refractivity contribution is 7.91. The molecule has 0 aromatic heterocycles. The summed E-state index contributed by atoms with van der Waals surface area (Å²) in [5.41, 5.74) is 3.93. The lowest BCUT2D eigenvalue weighted by Crippen LogP contribution is -2.11. The number of hydrogen-bond donors (Lipinski definition) is 0. The molecule has 0 radical (unpaired) electrons. The van der Waals surface area contributed by atoms with Crippen molar-refractivity contribution >= 4 is 32.6 Å². The van der Waals surface area contributed by atoms with Gasteiger partial charge in [-0.25, -0.2) is 12.8 Å². The SMILES string of the molecule is O=S(=O)(c1ccc(C2=C(c3ccc(F)c(Cl)c3)CC3(CC3)C2)cc1)C(F)F. The Labute approximate surface area is 160 Å². The number of rotatable bonds is 4. The molecule has 0 aliphatic heterocycles. The molecule has 1 saturated carbocycles. The van der Waals surface area contributed by atoms with Crippen molar-refractivity contribution < 1.29 is 21.6 Å². The van der Waals surface area contributed by atoms with Crippen LogP contribution in [0.2, 0.25) is 5.02 Å². The van der Waals surface area contributed by atoms with Crippen LogP contribution in [0.3, 0.4) is 0 Å². The van der Waals surface area contributed by atoms with Crippen molar-refractivity contribution in [2.24, 2.45) is 5.41 Å². The Balaban J connectivity index is 1.76. The average molecular weight is 413 g/mol. The van der Waals surface area contributed by atoms with Gasteiger partial charge in [0.1, 0.15) is 5.82 Å². The molecule has 0 bridgehead atoms. The van der Waals surface area contributed by atoms with Crippen LogP contribution in [0.25, 0.3) is 11.1 Å². The van der Waals surface area contributed by atoms with E-state index in [1.165, 1.54) is 18.2 Å². The minimum Gasteiger partial charge on any atom is -0.218 e. The first kappa shape index (κ1) is 18.6. The molecule has 2 aromatic rings. The lowest BCUT2D eigenvalue weighted by Gasteiger charge is -2.10. The van der Waals surface area contributed by atoms with Gasteiger partial charge in [0.2, 0.25) is 9.84 Å². The van der Waals surface area contributed by atoms with Gasteiger partial charge < -0.3 is 0 Å². The van der Waals surface area contributed by atoms with Crippen molar-refractivity contribution in [2.45, 2.75) is 36.3 Å². The number of hydrogen-bond acceptors (Lipinski definition) is 2. The molecule has 2 aromatic carbocycles. The third-order valence-electron chi connectivity index (χ3n) is 5.46. The van der Waals surface area contributed by atoms with E-state index in [-0.39, 0.29) is 10.4 Å². The van der Waals surface area contributed by atoms with Crippen LogP contribution in [0.15, 0.2) is 47.4 Å². The average Bonchev–Trinajstić information content (AvgIpc) is 3.28. The predicted octanol–water partition coefficient (Wildman–Crippen LogP) is 5.96. The molecule has 7 heteroatoms. The number of halogens is 4. The van der Waals surface area contributed by atoms with E-state index in [4.69, 9.17) is 11.6 Å². The zero-order valence-electron chi connectivity index (χ0n) is 14.2. The number of allylic oxidation sites excluding steroid dienone is 2. The zero-order chi connectivity index (χ0) is 19.4. The normalized spacial score (nSPS) is 18.6. The van der Waals surface area contributed by atoms with Crippen molar-refractivity contribution in [3.63, 3.8) is 0 Å². The smallest absolute Gasteiger partial charge is 0.218 e. The van der Waals surface area contributed by atoms with E-state index in [2.05, 4.69) is 0 Å². The molecule has 4 rings (SSSR count). The van der Waals surface area contributed by atoms with Gasteiger partial charge in [-0.05, 0) is 77.6 Å². The van der Waals surface area contributed by atoms with E-state index in [1.807, 2.05) is 0 Å². The summed E-state index contributed by atoms with van der Waals surface area (Å²) in [5, 5.41) is 0.0504. The molecule has 2 aliphatic carbocycles. The Morgan fingerprint density at radius 1 is 0.926 bits per heavy atom. The first-order chi connectivity index (χ1) is 12.7. The van der Waals surface area contributed by atoms with Crippen molar-refractivity contribution in [1.29, 1.82) is 0 Å². The quantitative estimate of drug-likeness (QED) is 0.620. The second-order valence-corrected chi connectivity index (χ2v) is 9.59. The Hall–Kier alpha value is -1.79. The Morgan fingerprint density at radius 3 is 2.00 bits per heavy atom. The zero-order valence-corrected chi connectivity index (χ0v) is 15.8. The van der Waals surface area contributed by atoms with E-state index >= 15 is 0 Å². The van der Waals surface area contributed by atoms with Crippen LogP contribution >= 0.6 is 11.6 Å². The van der Waals surface area contributed by atoms with Crippen LogP contribution in [0, 0.1) is 11.2 Å². The first-order valence-electron chi connectivity index (χ1n) is 8.52. The lowest BCUT2D eigenvalue weighted by atomic mass is 9.97. The molecule has 0 saturated heterocycles. The maximum absolute atomic E-state index is 13.5. The van der Waals surface area contributed by atoms with Crippen LogP contribution in [0.5, 0.6) is 0 Å². The van der Waals surface area contributed by atoms with Crippen LogP contribution in [-0.2, 0) is 9.84 Å². The molecule has 0 N–H and O–H groups in total. The monoisotopic (exact) mass is 412 g/mol. The van der Waals surface area contributed by atoms with E-state index < -0.39 is 26.3 Å². The third-order valence-corrected chi connectivity index (χ3v) is 7.15. The molecule has 0 atom stereocenters. The molecule has 0 unspecified atom stereocenters. The molecule has 1 spiro atoms. The molecular formula is C20H16ClF3O2S. The predicted molar refractivity (Wildman–Crippen MR) is 98.8 cm³/mol. The summed E-state index contributed by atoms with van der Waals surface area (Å²) in [7, 11) is -4.61. The summed E-state index contributed by atoms with van der Waals surface area (Å²) in [6.45, 7) is 0. The van der Waals surface area contributed by atoms with Crippen LogP contribution in [0.4, 0.5) is 13.2 Å². The van der Waals surface area contributed by atoms with E-state index in [0.717, 1.165) is 48.0 Å². The van der Waals surface area contributed by atoms with Gasteiger partial charge in [0, 0.05) is 0 Å². The minimum absolute atomic E-state index is 0.0504. The fourth-order valence-electron chi connectivity index (χ4n) is 3.74. The Bertz CT molecular complexity index is 1040. The number of sulfone groups is 1. The largest absolute Gasteiger partial charge is 0.341 e. The molecule has 1 fully saturated rings. The minimum atomic E-state index is -4.61. The summed E-state index contributed by atoms with van der Waals surface area (Å²) >= 11 is 5.94. The van der Waals surface area contributed by atoms with Crippen molar-refractivity contribution in [2.75, 3.05) is 0 Å². The molecule has 142 valence electrons. The van der Waals surface area contributed by atoms with Gasteiger partial charge in [-0.15, -0.1) is 0 Å². The number of benzene rings is 2. The molecule has 27 heavy (non-hydrogen) atoms. The van der Waals surface area contributed by atoms with Gasteiger partial charge in [0.25, 0.3) is 0 Å². The Kier molecular flexibility index (Phi) is 4.39. The summed E-state index contributed by atoms with van der Waals surface area (Å²) in [6.07, 6.45) is 3.89. The first-order valence-corrected chi connectivity index (χ1v) is 10.4. The maximum Gasteiger partial charge on any atom is 0.341 e. The maximum atomic E-state index is 13.5. The number of alkyl halides is 2. The highest BCUT2D eigenvalue weighted by Gasteiger charge is 2.48. The highest BCUT2D eigenvalue weighted by Crippen LogP contribution is 2.63. The van der Waals surface area contributed by atoms with Crippen LogP contribution in [-0.4, -0.2) is 14.2 Å². The van der Waals surface area contributed by atoms with Gasteiger partial charge in [-0.3, -0.25) is 0 Å². The van der Waals surface area contributed by atoms with Gasteiger partial charge in [-0.2, -0.15) is 8.78 Å². The van der Waals surface area contributed by atoms with Gasteiger partial charge in [-0.1, -0.05) is 29.8 Å². The summed E-state index contributed by atoms with van der Waals surface area (Å²) in [6, 6.07) is 10.2. The Morgan fingerprint density at radius 2 is 1.48 bits per heavy atom. The van der Waals surface area contributed by atoms with E-state index in [1.54, 1.807) is 24.3 Å². The van der Waals surface area contributed by atoms with Gasteiger partial charge in [0.15, 0.2) is 0 Å². The molecule has 2 nitrogen and oxygen atoms in total. The van der Waals surface area contributed by atoms with Crippen LogP contribution in [0.1, 0.15) is 36.8 Å². The second kappa shape index (κ2) is 6.38. The van der Waals surface area contributed by atoms with E-state index in [0.29, 0.717) is 0 Å².